The first-order valence-electron chi connectivity index (χ1n) is 7.19. The Balaban J connectivity index is 1.97. The molecule has 2 rings (SSSR count). The third-order valence-corrected chi connectivity index (χ3v) is 6.12. The zero-order valence-corrected chi connectivity index (χ0v) is 12.7. The number of amides is 1. The van der Waals surface area contributed by atoms with E-state index >= 15 is 0 Å². The molecule has 2 atom stereocenters. The molecule has 2 fully saturated rings. The number of rotatable bonds is 5. The summed E-state index contributed by atoms with van der Waals surface area (Å²) in [6.07, 6.45) is 8.45. The third-order valence-electron chi connectivity index (χ3n) is 4.72. The summed E-state index contributed by atoms with van der Waals surface area (Å²) in [5.41, 5.74) is 0. The van der Waals surface area contributed by atoms with Crippen LogP contribution in [-0.4, -0.2) is 41.1 Å². The maximum atomic E-state index is 12.4. The fourth-order valence-electron chi connectivity index (χ4n) is 3.18. The van der Waals surface area contributed by atoms with Crippen LogP contribution in [0.3, 0.4) is 0 Å². The number of carbonyl (C=O) groups excluding carboxylic acids is 1. The molecule has 1 saturated carbocycles. The fraction of sp³-hybridized carbons (Fsp3) is 0.929. The van der Waals surface area contributed by atoms with Crippen molar-refractivity contribution in [2.45, 2.75) is 56.7 Å². The van der Waals surface area contributed by atoms with Crippen molar-refractivity contribution < 1.29 is 4.79 Å². The number of hydrogen-bond acceptors (Lipinski definition) is 3. The third kappa shape index (κ3) is 2.69. The molecule has 1 aliphatic carbocycles. The molecule has 2 unspecified atom stereocenters. The second kappa shape index (κ2) is 5.83. The Morgan fingerprint density at radius 2 is 2.17 bits per heavy atom. The van der Waals surface area contributed by atoms with Crippen LogP contribution in [0.5, 0.6) is 0 Å². The SMILES string of the molecule is CCC(C)C1NCN(CC2(SC)CCCC2)C1=O. The number of nitrogens with zero attached hydrogens (tertiary/aromatic N) is 1. The quantitative estimate of drug-likeness (QED) is 0.833. The fourth-order valence-corrected chi connectivity index (χ4v) is 4.16. The second-order valence-corrected chi connectivity index (χ2v) is 7.13. The highest BCUT2D eigenvalue weighted by Crippen LogP contribution is 2.41. The molecule has 0 aromatic carbocycles. The standard InChI is InChI=1S/C14H26N2OS/c1-4-11(2)12-13(17)16(10-15-12)9-14(18-3)7-5-6-8-14/h11-12,15H,4-10H2,1-3H3. The number of nitrogens with one attached hydrogen (secondary N) is 1. The van der Waals surface area contributed by atoms with E-state index in [-0.39, 0.29) is 6.04 Å². The molecule has 1 amide bonds. The van der Waals surface area contributed by atoms with Crippen molar-refractivity contribution in [2.24, 2.45) is 5.92 Å². The molecule has 1 N–H and O–H groups in total. The van der Waals surface area contributed by atoms with Crippen LogP contribution in [-0.2, 0) is 4.79 Å². The van der Waals surface area contributed by atoms with Crippen molar-refractivity contribution in [3.8, 4) is 0 Å². The molecule has 4 heteroatoms. The zero-order valence-electron chi connectivity index (χ0n) is 11.9. The van der Waals surface area contributed by atoms with Gasteiger partial charge >= 0.3 is 0 Å². The zero-order chi connectivity index (χ0) is 13.2. The van der Waals surface area contributed by atoms with Gasteiger partial charge in [0, 0.05) is 11.3 Å². The summed E-state index contributed by atoms with van der Waals surface area (Å²) in [5.74, 6) is 0.765. The van der Waals surface area contributed by atoms with E-state index < -0.39 is 0 Å². The molecule has 0 aromatic rings. The van der Waals surface area contributed by atoms with Gasteiger partial charge in [0.1, 0.15) is 0 Å². The average Bonchev–Trinajstić information content (AvgIpc) is 2.98. The summed E-state index contributed by atoms with van der Waals surface area (Å²) in [7, 11) is 0. The summed E-state index contributed by atoms with van der Waals surface area (Å²) in [4.78, 5) is 14.5. The van der Waals surface area contributed by atoms with Crippen molar-refractivity contribution >= 4 is 17.7 Å². The minimum Gasteiger partial charge on any atom is -0.327 e. The predicted octanol–water partition coefficient (Wildman–Crippen LogP) is 2.47. The first kappa shape index (κ1) is 14.2. The highest BCUT2D eigenvalue weighted by atomic mass is 32.2. The minimum atomic E-state index is 0.0512. The van der Waals surface area contributed by atoms with Gasteiger partial charge in [0.15, 0.2) is 0 Å². The molecule has 1 saturated heterocycles. The molecule has 0 bridgehead atoms. The molecule has 1 aliphatic heterocycles. The van der Waals surface area contributed by atoms with E-state index in [1.807, 2.05) is 11.8 Å². The molecule has 0 aromatic heterocycles. The number of hydrogen-bond donors (Lipinski definition) is 1. The lowest BCUT2D eigenvalue weighted by atomic mass is 9.99. The van der Waals surface area contributed by atoms with E-state index in [0.29, 0.717) is 16.6 Å². The molecule has 104 valence electrons. The van der Waals surface area contributed by atoms with Crippen LogP contribution < -0.4 is 5.32 Å². The molecule has 3 nitrogen and oxygen atoms in total. The maximum absolute atomic E-state index is 12.4. The largest absolute Gasteiger partial charge is 0.327 e. The monoisotopic (exact) mass is 270 g/mol. The molecular formula is C14H26N2OS. The van der Waals surface area contributed by atoms with Gasteiger partial charge in [-0.05, 0) is 25.0 Å². The Kier molecular flexibility index (Phi) is 4.59. The smallest absolute Gasteiger partial charge is 0.241 e. The minimum absolute atomic E-state index is 0.0512. The van der Waals surface area contributed by atoms with E-state index in [1.54, 1.807) is 0 Å². The van der Waals surface area contributed by atoms with Crippen LogP contribution in [0.4, 0.5) is 0 Å². The summed E-state index contributed by atoms with van der Waals surface area (Å²) >= 11 is 1.96. The Bertz CT molecular complexity index is 302. The second-order valence-electron chi connectivity index (χ2n) is 5.86. The van der Waals surface area contributed by atoms with E-state index in [4.69, 9.17) is 0 Å². The van der Waals surface area contributed by atoms with Crippen molar-refractivity contribution in [1.82, 2.24) is 10.2 Å². The predicted molar refractivity (Wildman–Crippen MR) is 77.7 cm³/mol. The Morgan fingerprint density at radius 3 is 2.72 bits per heavy atom. The van der Waals surface area contributed by atoms with Crippen molar-refractivity contribution in [3.63, 3.8) is 0 Å². The van der Waals surface area contributed by atoms with Crippen LogP contribution in [0, 0.1) is 5.92 Å². The van der Waals surface area contributed by atoms with E-state index in [0.717, 1.165) is 19.6 Å². The summed E-state index contributed by atoms with van der Waals surface area (Å²) in [6, 6.07) is 0.0512. The van der Waals surface area contributed by atoms with Crippen molar-refractivity contribution in [3.05, 3.63) is 0 Å². The van der Waals surface area contributed by atoms with E-state index in [1.165, 1.54) is 25.7 Å². The van der Waals surface area contributed by atoms with Gasteiger partial charge in [0.25, 0.3) is 0 Å². The molecule has 0 spiro atoms. The summed E-state index contributed by atoms with van der Waals surface area (Å²) in [6.45, 7) is 6.00. The first-order chi connectivity index (χ1) is 8.62. The van der Waals surface area contributed by atoms with Crippen LogP contribution in [0.15, 0.2) is 0 Å². The highest BCUT2D eigenvalue weighted by molar-refractivity contribution is 8.00. The lowest BCUT2D eigenvalue weighted by Gasteiger charge is -2.31. The van der Waals surface area contributed by atoms with Crippen LogP contribution in [0.2, 0.25) is 0 Å². The Morgan fingerprint density at radius 1 is 1.50 bits per heavy atom. The molecule has 18 heavy (non-hydrogen) atoms. The van der Waals surface area contributed by atoms with Gasteiger partial charge in [-0.15, -0.1) is 0 Å². The van der Waals surface area contributed by atoms with Gasteiger partial charge in [-0.2, -0.15) is 11.8 Å². The van der Waals surface area contributed by atoms with E-state index in [9.17, 15) is 4.79 Å². The van der Waals surface area contributed by atoms with Crippen LogP contribution in [0.1, 0.15) is 46.0 Å². The molecule has 1 heterocycles. The highest BCUT2D eigenvalue weighted by Gasteiger charge is 2.41. The summed E-state index contributed by atoms with van der Waals surface area (Å²) < 4.78 is 0.335. The molecular weight excluding hydrogens is 244 g/mol. The lowest BCUT2D eigenvalue weighted by molar-refractivity contribution is -0.130. The molecule has 0 radical (unpaired) electrons. The van der Waals surface area contributed by atoms with Gasteiger partial charge in [-0.3, -0.25) is 10.1 Å². The number of carbonyl (C=O) groups is 1. The first-order valence-corrected chi connectivity index (χ1v) is 8.41. The van der Waals surface area contributed by atoms with Gasteiger partial charge < -0.3 is 4.90 Å². The maximum Gasteiger partial charge on any atom is 0.241 e. The van der Waals surface area contributed by atoms with Gasteiger partial charge in [0.05, 0.1) is 12.7 Å². The van der Waals surface area contributed by atoms with Crippen molar-refractivity contribution in [1.29, 1.82) is 0 Å². The van der Waals surface area contributed by atoms with E-state index in [2.05, 4.69) is 30.3 Å². The van der Waals surface area contributed by atoms with Gasteiger partial charge in [0.2, 0.25) is 5.91 Å². The summed E-state index contributed by atoms with van der Waals surface area (Å²) in [5, 5.41) is 3.39. The van der Waals surface area contributed by atoms with Crippen LogP contribution >= 0.6 is 11.8 Å². The van der Waals surface area contributed by atoms with Crippen molar-refractivity contribution in [2.75, 3.05) is 19.5 Å². The Hall–Kier alpha value is -0.220. The average molecular weight is 270 g/mol. The number of thioether (sulfide) groups is 1. The van der Waals surface area contributed by atoms with Crippen LogP contribution in [0.25, 0.3) is 0 Å². The van der Waals surface area contributed by atoms with Gasteiger partial charge in [-0.25, -0.2) is 0 Å². The molecule has 2 aliphatic rings. The van der Waals surface area contributed by atoms with Gasteiger partial charge in [-0.1, -0.05) is 33.1 Å². The normalized spacial score (nSPS) is 28.9. The Labute approximate surface area is 115 Å². The topological polar surface area (TPSA) is 32.3 Å². The lowest BCUT2D eigenvalue weighted by Crippen LogP contribution is -2.42.